The highest BCUT2D eigenvalue weighted by Crippen LogP contribution is 2.22. The van der Waals surface area contributed by atoms with Crippen molar-refractivity contribution in [3.8, 4) is 23.0 Å². The molecule has 0 saturated carbocycles. The minimum Gasteiger partial charge on any atom is -0.497 e. The number of nitrogens with one attached hydrogen (secondary N) is 1. The van der Waals surface area contributed by atoms with Gasteiger partial charge in [-0.1, -0.05) is 12.1 Å². The summed E-state index contributed by atoms with van der Waals surface area (Å²) in [7, 11) is -2.13. The van der Waals surface area contributed by atoms with E-state index in [1.807, 2.05) is 24.3 Å². The Balaban J connectivity index is 1.40. The first-order chi connectivity index (χ1) is 15.9. The standard InChI is InChI=1S/C22H21N5O5S/c1-15(28)16-5-9-19(10-6-16)33(29,30)23-13-14-32-21-12-11-20-24-25-22(27(20)26-21)17-3-7-18(31-2)8-4-17/h3-12,23H,13-14H2,1-2H3. The molecule has 170 valence electrons. The number of ether oxygens (including phenoxy) is 2. The van der Waals surface area contributed by atoms with E-state index >= 15 is 0 Å². The van der Waals surface area contributed by atoms with Crippen LogP contribution in [0.25, 0.3) is 17.0 Å². The second kappa shape index (κ2) is 9.35. The molecule has 2 aromatic heterocycles. The zero-order chi connectivity index (χ0) is 23.4. The second-order valence-corrected chi connectivity index (χ2v) is 8.79. The van der Waals surface area contributed by atoms with Crippen LogP contribution in [-0.4, -0.2) is 54.3 Å². The summed E-state index contributed by atoms with van der Waals surface area (Å²) in [4.78, 5) is 11.4. The maximum absolute atomic E-state index is 12.4. The van der Waals surface area contributed by atoms with E-state index in [4.69, 9.17) is 9.47 Å². The number of ketones is 1. The van der Waals surface area contributed by atoms with E-state index in [0.29, 0.717) is 22.9 Å². The van der Waals surface area contributed by atoms with Gasteiger partial charge >= 0.3 is 0 Å². The summed E-state index contributed by atoms with van der Waals surface area (Å²) in [6.07, 6.45) is 0. The van der Waals surface area contributed by atoms with E-state index in [1.165, 1.54) is 31.2 Å². The van der Waals surface area contributed by atoms with Crippen molar-refractivity contribution in [2.24, 2.45) is 0 Å². The van der Waals surface area contributed by atoms with Crippen LogP contribution in [0.5, 0.6) is 11.6 Å². The quantitative estimate of drug-likeness (QED) is 0.294. The highest BCUT2D eigenvalue weighted by Gasteiger charge is 2.14. The molecule has 0 radical (unpaired) electrons. The van der Waals surface area contributed by atoms with Gasteiger partial charge in [-0.25, -0.2) is 13.1 Å². The Morgan fingerprint density at radius 3 is 2.39 bits per heavy atom. The average Bonchev–Trinajstić information content (AvgIpc) is 3.25. The van der Waals surface area contributed by atoms with Crippen molar-refractivity contribution in [2.45, 2.75) is 11.8 Å². The van der Waals surface area contributed by atoms with Crippen molar-refractivity contribution in [2.75, 3.05) is 20.3 Å². The smallest absolute Gasteiger partial charge is 0.240 e. The predicted octanol–water partition coefficient (Wildman–Crippen LogP) is 2.36. The zero-order valence-corrected chi connectivity index (χ0v) is 18.7. The van der Waals surface area contributed by atoms with Crippen LogP contribution in [0, 0.1) is 0 Å². The Kier molecular flexibility index (Phi) is 6.33. The molecule has 0 bridgehead atoms. The van der Waals surface area contributed by atoms with Gasteiger partial charge in [0.05, 0.1) is 12.0 Å². The summed E-state index contributed by atoms with van der Waals surface area (Å²) < 4.78 is 39.6. The van der Waals surface area contributed by atoms with Gasteiger partial charge in [-0.05, 0) is 49.4 Å². The van der Waals surface area contributed by atoms with Crippen LogP contribution in [0.15, 0.2) is 65.6 Å². The molecular weight excluding hydrogens is 446 g/mol. The SMILES string of the molecule is COc1ccc(-c2nnc3ccc(OCCNS(=O)(=O)c4ccc(C(C)=O)cc4)nn23)cc1. The minimum atomic E-state index is -3.73. The van der Waals surface area contributed by atoms with Crippen molar-refractivity contribution in [3.05, 3.63) is 66.2 Å². The highest BCUT2D eigenvalue weighted by molar-refractivity contribution is 7.89. The fraction of sp³-hybridized carbons (Fsp3) is 0.182. The van der Waals surface area contributed by atoms with Crippen molar-refractivity contribution in [3.63, 3.8) is 0 Å². The van der Waals surface area contributed by atoms with Crippen molar-refractivity contribution >= 4 is 21.5 Å². The Labute approximate surface area is 190 Å². The predicted molar refractivity (Wildman–Crippen MR) is 120 cm³/mol. The average molecular weight is 468 g/mol. The van der Waals surface area contributed by atoms with E-state index < -0.39 is 10.0 Å². The lowest BCUT2D eigenvalue weighted by Gasteiger charge is -2.09. The molecule has 0 spiro atoms. The molecule has 0 atom stereocenters. The number of rotatable bonds is 9. The molecule has 0 aliphatic carbocycles. The molecule has 0 aliphatic heterocycles. The Bertz CT molecular complexity index is 1380. The van der Waals surface area contributed by atoms with Gasteiger partial charge in [0.1, 0.15) is 12.4 Å². The lowest BCUT2D eigenvalue weighted by atomic mass is 10.2. The molecule has 33 heavy (non-hydrogen) atoms. The molecule has 0 saturated heterocycles. The largest absolute Gasteiger partial charge is 0.497 e. The minimum absolute atomic E-state index is 0.0318. The van der Waals surface area contributed by atoms with E-state index in [-0.39, 0.29) is 23.8 Å². The summed E-state index contributed by atoms with van der Waals surface area (Å²) in [6, 6.07) is 16.4. The molecular formula is C22H21N5O5S. The molecule has 4 rings (SSSR count). The van der Waals surface area contributed by atoms with E-state index in [2.05, 4.69) is 20.0 Å². The van der Waals surface area contributed by atoms with Crippen LogP contribution in [-0.2, 0) is 10.0 Å². The van der Waals surface area contributed by atoms with Crippen LogP contribution in [0.3, 0.4) is 0 Å². The first kappa shape index (κ1) is 22.4. The lowest BCUT2D eigenvalue weighted by molar-refractivity contribution is 0.101. The summed E-state index contributed by atoms with van der Waals surface area (Å²) in [5.74, 6) is 1.42. The van der Waals surface area contributed by atoms with Gasteiger partial charge in [-0.15, -0.1) is 15.3 Å². The van der Waals surface area contributed by atoms with Crippen molar-refractivity contribution in [1.82, 2.24) is 24.5 Å². The van der Waals surface area contributed by atoms with Gasteiger partial charge in [-0.2, -0.15) is 4.52 Å². The fourth-order valence-corrected chi connectivity index (χ4v) is 4.07. The number of methoxy groups -OCH3 is 1. The molecule has 0 fully saturated rings. The van der Waals surface area contributed by atoms with E-state index in [9.17, 15) is 13.2 Å². The third kappa shape index (κ3) is 4.99. The van der Waals surface area contributed by atoms with Crippen molar-refractivity contribution < 1.29 is 22.7 Å². The third-order valence-electron chi connectivity index (χ3n) is 4.80. The number of hydrogen-bond donors (Lipinski definition) is 1. The molecule has 1 N–H and O–H groups in total. The van der Waals surface area contributed by atoms with Gasteiger partial charge in [0, 0.05) is 23.7 Å². The monoisotopic (exact) mass is 467 g/mol. The number of nitrogens with zero attached hydrogens (tertiary/aromatic N) is 4. The fourth-order valence-electron chi connectivity index (χ4n) is 3.05. The van der Waals surface area contributed by atoms with E-state index in [1.54, 1.807) is 23.8 Å². The van der Waals surface area contributed by atoms with Gasteiger partial charge in [0.2, 0.25) is 15.9 Å². The van der Waals surface area contributed by atoms with Gasteiger partial charge in [0.25, 0.3) is 0 Å². The number of fused-ring (bicyclic) bond motifs is 1. The molecule has 0 aliphatic rings. The third-order valence-corrected chi connectivity index (χ3v) is 6.28. The number of hydrogen-bond acceptors (Lipinski definition) is 8. The Morgan fingerprint density at radius 2 is 1.73 bits per heavy atom. The van der Waals surface area contributed by atoms with Crippen molar-refractivity contribution in [1.29, 1.82) is 0 Å². The molecule has 4 aromatic rings. The second-order valence-electron chi connectivity index (χ2n) is 7.02. The first-order valence-corrected chi connectivity index (χ1v) is 11.5. The number of sulfonamides is 1. The molecule has 11 heteroatoms. The number of aromatic nitrogens is 4. The number of benzene rings is 2. The molecule has 10 nitrogen and oxygen atoms in total. The van der Waals surface area contributed by atoms with Crippen LogP contribution < -0.4 is 14.2 Å². The summed E-state index contributed by atoms with van der Waals surface area (Å²) >= 11 is 0. The maximum atomic E-state index is 12.4. The zero-order valence-electron chi connectivity index (χ0n) is 17.9. The van der Waals surface area contributed by atoms with Gasteiger partial charge in [-0.3, -0.25) is 4.79 Å². The Morgan fingerprint density at radius 1 is 1.00 bits per heavy atom. The maximum Gasteiger partial charge on any atom is 0.240 e. The first-order valence-electron chi connectivity index (χ1n) is 9.98. The molecule has 2 aromatic carbocycles. The number of Topliss-reactive ketones (excluding diaryl/α,β-unsaturated/α-hetero) is 1. The summed E-state index contributed by atoms with van der Waals surface area (Å²) in [5.41, 5.74) is 1.79. The van der Waals surface area contributed by atoms with Gasteiger partial charge in [0.15, 0.2) is 17.3 Å². The molecule has 2 heterocycles. The number of carbonyl (C=O) groups excluding carboxylic acids is 1. The molecule has 0 amide bonds. The van der Waals surface area contributed by atoms with Crippen LogP contribution in [0.2, 0.25) is 0 Å². The van der Waals surface area contributed by atoms with Gasteiger partial charge < -0.3 is 9.47 Å². The number of carbonyl (C=O) groups is 1. The molecule has 0 unspecified atom stereocenters. The normalized spacial score (nSPS) is 11.5. The van der Waals surface area contributed by atoms with Crippen LogP contribution >= 0.6 is 0 Å². The topological polar surface area (TPSA) is 125 Å². The lowest BCUT2D eigenvalue weighted by Crippen LogP contribution is -2.28. The summed E-state index contributed by atoms with van der Waals surface area (Å²) in [6.45, 7) is 1.51. The summed E-state index contributed by atoms with van der Waals surface area (Å²) in [5, 5.41) is 12.7. The van der Waals surface area contributed by atoms with Crippen LogP contribution in [0.4, 0.5) is 0 Å². The van der Waals surface area contributed by atoms with Crippen LogP contribution in [0.1, 0.15) is 17.3 Å². The van der Waals surface area contributed by atoms with E-state index in [0.717, 1.165) is 11.3 Å². The Hall–Kier alpha value is -3.83. The highest BCUT2D eigenvalue weighted by atomic mass is 32.2.